The third-order valence-electron chi connectivity index (χ3n) is 2.09. The predicted octanol–water partition coefficient (Wildman–Crippen LogP) is 3.31. The van der Waals surface area contributed by atoms with Crippen LogP contribution in [0.15, 0.2) is 12.1 Å². The van der Waals surface area contributed by atoms with E-state index in [4.69, 9.17) is 4.74 Å². The molecule has 0 N–H and O–H groups in total. The predicted molar refractivity (Wildman–Crippen MR) is 60.3 cm³/mol. The highest BCUT2D eigenvalue weighted by Gasteiger charge is 2.05. The van der Waals surface area contributed by atoms with Gasteiger partial charge in [0, 0.05) is 6.07 Å². The lowest BCUT2D eigenvalue weighted by Gasteiger charge is -2.05. The van der Waals surface area contributed by atoms with Crippen LogP contribution in [0.2, 0.25) is 0 Å². The smallest absolute Gasteiger partial charge is 0.124 e. The van der Waals surface area contributed by atoms with Crippen LogP contribution in [0, 0.1) is 13.8 Å². The van der Waals surface area contributed by atoms with Gasteiger partial charge in [-0.2, -0.15) is 0 Å². The van der Waals surface area contributed by atoms with Crippen LogP contribution in [0.4, 0.5) is 0 Å². The molecule has 0 aliphatic rings. The summed E-state index contributed by atoms with van der Waals surface area (Å²) < 4.78 is 6.76. The van der Waals surface area contributed by atoms with Crippen LogP contribution < -0.4 is 4.74 Å². The molecule has 74 valence electrons. The summed E-state index contributed by atoms with van der Waals surface area (Å²) in [6, 6.07) is 4.17. The second-order valence-corrected chi connectivity index (χ2v) is 4.49. The molecule has 2 rings (SSSR count). The number of ether oxygens (including phenoxy) is 1. The molecule has 0 saturated carbocycles. The van der Waals surface area contributed by atoms with Crippen LogP contribution >= 0.6 is 11.3 Å². The van der Waals surface area contributed by atoms with E-state index >= 15 is 0 Å². The maximum Gasteiger partial charge on any atom is 0.124 e. The van der Waals surface area contributed by atoms with E-state index in [1.54, 1.807) is 11.3 Å². The molecule has 1 aromatic carbocycles. The molecule has 0 aliphatic heterocycles. The Kier molecular flexibility index (Phi) is 2.42. The minimum Gasteiger partial charge on any atom is -0.494 e. The Morgan fingerprint density at radius 3 is 2.86 bits per heavy atom. The molecule has 0 unspecified atom stereocenters. The zero-order chi connectivity index (χ0) is 10.1. The van der Waals surface area contributed by atoms with Gasteiger partial charge < -0.3 is 4.74 Å². The van der Waals surface area contributed by atoms with Gasteiger partial charge in [0.1, 0.15) is 5.75 Å². The molecular weight excluding hydrogens is 194 g/mol. The van der Waals surface area contributed by atoms with Crippen molar-refractivity contribution in [2.24, 2.45) is 0 Å². The van der Waals surface area contributed by atoms with E-state index in [9.17, 15) is 0 Å². The summed E-state index contributed by atoms with van der Waals surface area (Å²) in [4.78, 5) is 4.44. The van der Waals surface area contributed by atoms with Gasteiger partial charge >= 0.3 is 0 Å². The third kappa shape index (κ3) is 1.60. The minimum atomic E-state index is 0.704. The van der Waals surface area contributed by atoms with E-state index in [0.717, 1.165) is 16.3 Å². The summed E-state index contributed by atoms with van der Waals surface area (Å²) in [6.07, 6.45) is 0. The fourth-order valence-electron chi connectivity index (χ4n) is 1.48. The number of nitrogens with zero attached hydrogens (tertiary/aromatic N) is 1. The van der Waals surface area contributed by atoms with E-state index in [1.165, 1.54) is 10.3 Å². The molecule has 0 aliphatic carbocycles. The monoisotopic (exact) mass is 207 g/mol. The van der Waals surface area contributed by atoms with Gasteiger partial charge in [0.15, 0.2) is 0 Å². The average Bonchev–Trinajstić information content (AvgIpc) is 2.45. The Morgan fingerprint density at radius 1 is 1.36 bits per heavy atom. The average molecular weight is 207 g/mol. The van der Waals surface area contributed by atoms with Crippen molar-refractivity contribution in [1.82, 2.24) is 4.98 Å². The van der Waals surface area contributed by atoms with Crippen molar-refractivity contribution in [3.63, 3.8) is 0 Å². The second-order valence-electron chi connectivity index (χ2n) is 3.25. The van der Waals surface area contributed by atoms with Crippen LogP contribution in [0.1, 0.15) is 17.5 Å². The number of benzene rings is 1. The zero-order valence-corrected chi connectivity index (χ0v) is 9.44. The van der Waals surface area contributed by atoms with Gasteiger partial charge in [-0.3, -0.25) is 0 Å². The van der Waals surface area contributed by atoms with Crippen molar-refractivity contribution in [1.29, 1.82) is 0 Å². The molecule has 0 fully saturated rings. The Bertz CT molecular complexity index is 462. The number of aromatic nitrogens is 1. The standard InChI is InChI=1S/C11H13NOS/c1-4-13-10-6-9-11(5-7(10)2)14-8(3)12-9/h5-6H,4H2,1-3H3. The number of thiazole rings is 1. The van der Waals surface area contributed by atoms with Gasteiger partial charge in [-0.25, -0.2) is 4.98 Å². The van der Waals surface area contributed by atoms with E-state index in [2.05, 4.69) is 18.0 Å². The fraction of sp³-hybridized carbons (Fsp3) is 0.364. The molecule has 0 bridgehead atoms. The summed E-state index contributed by atoms with van der Waals surface area (Å²) in [7, 11) is 0. The summed E-state index contributed by atoms with van der Waals surface area (Å²) in [5, 5.41) is 1.10. The van der Waals surface area contributed by atoms with E-state index in [1.807, 2.05) is 19.9 Å². The number of aryl methyl sites for hydroxylation is 2. The van der Waals surface area contributed by atoms with E-state index in [-0.39, 0.29) is 0 Å². The van der Waals surface area contributed by atoms with Gasteiger partial charge in [0.2, 0.25) is 0 Å². The molecular formula is C11H13NOS. The molecule has 14 heavy (non-hydrogen) atoms. The SMILES string of the molecule is CCOc1cc2nc(C)sc2cc1C. The van der Waals surface area contributed by atoms with Gasteiger partial charge in [-0.15, -0.1) is 11.3 Å². The number of hydrogen-bond donors (Lipinski definition) is 0. The second kappa shape index (κ2) is 3.58. The fourth-order valence-corrected chi connectivity index (χ4v) is 2.39. The van der Waals surface area contributed by atoms with Crippen molar-refractivity contribution >= 4 is 21.6 Å². The lowest BCUT2D eigenvalue weighted by Crippen LogP contribution is -1.93. The minimum absolute atomic E-state index is 0.704. The van der Waals surface area contributed by atoms with Gasteiger partial charge in [0.25, 0.3) is 0 Å². The maximum atomic E-state index is 5.52. The first-order valence-corrected chi connectivity index (χ1v) is 5.53. The van der Waals surface area contributed by atoms with Gasteiger partial charge in [-0.1, -0.05) is 0 Å². The van der Waals surface area contributed by atoms with Crippen molar-refractivity contribution in [2.75, 3.05) is 6.61 Å². The summed E-state index contributed by atoms with van der Waals surface area (Å²) in [5.41, 5.74) is 2.23. The number of fused-ring (bicyclic) bond motifs is 1. The summed E-state index contributed by atoms with van der Waals surface area (Å²) >= 11 is 1.73. The number of rotatable bonds is 2. The van der Waals surface area contributed by atoms with Crippen LogP contribution in [-0.2, 0) is 0 Å². The van der Waals surface area contributed by atoms with Crippen molar-refractivity contribution in [3.05, 3.63) is 22.7 Å². The maximum absolute atomic E-state index is 5.52. The molecule has 2 aromatic rings. The molecule has 3 heteroatoms. The van der Waals surface area contributed by atoms with Crippen molar-refractivity contribution in [2.45, 2.75) is 20.8 Å². The molecule has 0 saturated heterocycles. The molecule has 1 aromatic heterocycles. The van der Waals surface area contributed by atoms with Crippen molar-refractivity contribution < 1.29 is 4.74 Å². The highest BCUT2D eigenvalue weighted by atomic mass is 32.1. The first-order valence-electron chi connectivity index (χ1n) is 4.71. The van der Waals surface area contributed by atoms with Crippen LogP contribution in [-0.4, -0.2) is 11.6 Å². The van der Waals surface area contributed by atoms with Crippen LogP contribution in [0.3, 0.4) is 0 Å². The lowest BCUT2D eigenvalue weighted by atomic mass is 10.2. The quantitative estimate of drug-likeness (QED) is 0.753. The normalized spacial score (nSPS) is 10.8. The first-order chi connectivity index (χ1) is 6.70. The largest absolute Gasteiger partial charge is 0.494 e. The Balaban J connectivity index is 2.58. The Morgan fingerprint density at radius 2 is 2.14 bits per heavy atom. The lowest BCUT2D eigenvalue weighted by molar-refractivity contribution is 0.338. The topological polar surface area (TPSA) is 22.1 Å². The highest BCUT2D eigenvalue weighted by molar-refractivity contribution is 7.18. The summed E-state index contributed by atoms with van der Waals surface area (Å²) in [5.74, 6) is 0.949. The van der Waals surface area contributed by atoms with Gasteiger partial charge in [0.05, 0.1) is 21.8 Å². The highest BCUT2D eigenvalue weighted by Crippen LogP contribution is 2.28. The number of hydrogen-bond acceptors (Lipinski definition) is 3. The third-order valence-corrected chi connectivity index (χ3v) is 3.03. The molecule has 2 nitrogen and oxygen atoms in total. The Labute approximate surface area is 87.5 Å². The molecule has 1 heterocycles. The Hall–Kier alpha value is -1.09. The molecule has 0 amide bonds. The molecule has 0 atom stereocenters. The van der Waals surface area contributed by atoms with Gasteiger partial charge in [-0.05, 0) is 32.4 Å². The summed E-state index contributed by atoms with van der Waals surface area (Å²) in [6.45, 7) is 6.80. The molecule has 0 radical (unpaired) electrons. The zero-order valence-electron chi connectivity index (χ0n) is 8.63. The van der Waals surface area contributed by atoms with E-state index in [0.29, 0.717) is 6.61 Å². The van der Waals surface area contributed by atoms with Crippen molar-refractivity contribution in [3.8, 4) is 5.75 Å². The van der Waals surface area contributed by atoms with E-state index < -0.39 is 0 Å². The molecule has 0 spiro atoms. The first kappa shape index (κ1) is 9.46. The van der Waals surface area contributed by atoms with Crippen LogP contribution in [0.5, 0.6) is 5.75 Å². The van der Waals surface area contributed by atoms with Crippen LogP contribution in [0.25, 0.3) is 10.2 Å².